The SMILES string of the molecule is OC1CCC(Oc2cccnc2)C1. The smallest absolute Gasteiger partial charge is 0.137 e. The van der Waals surface area contributed by atoms with Gasteiger partial charge in [0.05, 0.1) is 12.3 Å². The fourth-order valence-corrected chi connectivity index (χ4v) is 1.63. The van der Waals surface area contributed by atoms with Gasteiger partial charge in [-0.15, -0.1) is 0 Å². The molecule has 0 bridgehead atoms. The van der Waals surface area contributed by atoms with Crippen LogP contribution in [0.5, 0.6) is 5.75 Å². The van der Waals surface area contributed by atoms with Crippen LogP contribution >= 0.6 is 0 Å². The number of aliphatic hydroxyl groups excluding tert-OH is 1. The van der Waals surface area contributed by atoms with Crippen molar-refractivity contribution in [1.82, 2.24) is 4.98 Å². The van der Waals surface area contributed by atoms with Crippen molar-refractivity contribution in [2.75, 3.05) is 0 Å². The van der Waals surface area contributed by atoms with Gasteiger partial charge in [-0.1, -0.05) is 0 Å². The van der Waals surface area contributed by atoms with Gasteiger partial charge >= 0.3 is 0 Å². The summed E-state index contributed by atoms with van der Waals surface area (Å²) >= 11 is 0. The first-order valence-corrected chi connectivity index (χ1v) is 4.59. The first-order chi connectivity index (χ1) is 6.34. The second kappa shape index (κ2) is 3.75. The molecule has 0 aliphatic heterocycles. The van der Waals surface area contributed by atoms with Crippen LogP contribution in [0.25, 0.3) is 0 Å². The van der Waals surface area contributed by atoms with E-state index in [9.17, 15) is 5.11 Å². The van der Waals surface area contributed by atoms with Gasteiger partial charge in [-0.05, 0) is 25.0 Å². The lowest BCUT2D eigenvalue weighted by Crippen LogP contribution is -2.13. The number of ether oxygens (including phenoxy) is 1. The van der Waals surface area contributed by atoms with Crippen LogP contribution in [0.1, 0.15) is 19.3 Å². The molecule has 1 aromatic rings. The zero-order chi connectivity index (χ0) is 9.10. The highest BCUT2D eigenvalue weighted by Gasteiger charge is 2.23. The van der Waals surface area contributed by atoms with E-state index >= 15 is 0 Å². The Morgan fingerprint density at radius 3 is 3.00 bits per heavy atom. The van der Waals surface area contributed by atoms with Crippen molar-refractivity contribution >= 4 is 0 Å². The van der Waals surface area contributed by atoms with E-state index in [1.807, 2.05) is 12.1 Å². The molecule has 1 aromatic heterocycles. The molecule has 2 rings (SSSR count). The number of rotatable bonds is 2. The van der Waals surface area contributed by atoms with Crippen molar-refractivity contribution in [1.29, 1.82) is 0 Å². The van der Waals surface area contributed by atoms with Gasteiger partial charge in [0.15, 0.2) is 0 Å². The molecule has 1 aliphatic carbocycles. The van der Waals surface area contributed by atoms with E-state index in [1.165, 1.54) is 0 Å². The third-order valence-corrected chi connectivity index (χ3v) is 2.29. The topological polar surface area (TPSA) is 42.4 Å². The Bertz CT molecular complexity index is 263. The summed E-state index contributed by atoms with van der Waals surface area (Å²) in [5, 5.41) is 9.28. The monoisotopic (exact) mass is 179 g/mol. The van der Waals surface area contributed by atoms with Gasteiger partial charge in [-0.2, -0.15) is 0 Å². The van der Waals surface area contributed by atoms with Gasteiger partial charge < -0.3 is 9.84 Å². The first kappa shape index (κ1) is 8.51. The van der Waals surface area contributed by atoms with Gasteiger partial charge in [-0.25, -0.2) is 0 Å². The molecule has 2 atom stereocenters. The molecule has 1 heterocycles. The summed E-state index contributed by atoms with van der Waals surface area (Å²) in [5.74, 6) is 0.793. The fraction of sp³-hybridized carbons (Fsp3) is 0.500. The van der Waals surface area contributed by atoms with Crippen LogP contribution < -0.4 is 4.74 Å². The van der Waals surface area contributed by atoms with E-state index in [1.54, 1.807) is 12.4 Å². The second-order valence-electron chi connectivity index (χ2n) is 3.40. The van der Waals surface area contributed by atoms with E-state index < -0.39 is 0 Å². The van der Waals surface area contributed by atoms with Crippen molar-refractivity contribution in [3.8, 4) is 5.75 Å². The highest BCUT2D eigenvalue weighted by molar-refractivity contribution is 5.16. The quantitative estimate of drug-likeness (QED) is 0.745. The summed E-state index contributed by atoms with van der Waals surface area (Å²) < 4.78 is 5.62. The van der Waals surface area contributed by atoms with Crippen molar-refractivity contribution in [3.05, 3.63) is 24.5 Å². The lowest BCUT2D eigenvalue weighted by Gasteiger charge is -2.11. The van der Waals surface area contributed by atoms with Crippen LogP contribution in [0.15, 0.2) is 24.5 Å². The first-order valence-electron chi connectivity index (χ1n) is 4.59. The van der Waals surface area contributed by atoms with E-state index in [2.05, 4.69) is 4.98 Å². The maximum absolute atomic E-state index is 9.28. The standard InChI is InChI=1S/C10H13NO2/c12-8-3-4-9(6-8)13-10-2-1-5-11-7-10/h1-2,5,7-9,12H,3-4,6H2. The summed E-state index contributed by atoms with van der Waals surface area (Å²) in [6.07, 6.45) is 5.94. The summed E-state index contributed by atoms with van der Waals surface area (Å²) in [5.41, 5.74) is 0. The van der Waals surface area contributed by atoms with Gasteiger partial charge in [0.2, 0.25) is 0 Å². The molecular weight excluding hydrogens is 166 g/mol. The largest absolute Gasteiger partial charge is 0.489 e. The summed E-state index contributed by atoms with van der Waals surface area (Å²) in [7, 11) is 0. The molecule has 1 N–H and O–H groups in total. The molecule has 0 spiro atoms. The van der Waals surface area contributed by atoms with Crippen LogP contribution in [0.4, 0.5) is 0 Å². The van der Waals surface area contributed by atoms with Gasteiger partial charge in [-0.3, -0.25) is 4.98 Å². The number of nitrogens with zero attached hydrogens (tertiary/aromatic N) is 1. The van der Waals surface area contributed by atoms with Crippen LogP contribution in [-0.2, 0) is 0 Å². The highest BCUT2D eigenvalue weighted by Crippen LogP contribution is 2.23. The molecule has 13 heavy (non-hydrogen) atoms. The Kier molecular flexibility index (Phi) is 2.45. The Morgan fingerprint density at radius 1 is 1.46 bits per heavy atom. The van der Waals surface area contributed by atoms with Gasteiger partial charge in [0.25, 0.3) is 0 Å². The Labute approximate surface area is 77.4 Å². The molecular formula is C10H13NO2. The predicted molar refractivity (Wildman–Crippen MR) is 48.5 cm³/mol. The lowest BCUT2D eigenvalue weighted by molar-refractivity contribution is 0.149. The zero-order valence-electron chi connectivity index (χ0n) is 7.39. The molecule has 0 radical (unpaired) electrons. The molecule has 70 valence electrons. The minimum Gasteiger partial charge on any atom is -0.489 e. The van der Waals surface area contributed by atoms with Crippen LogP contribution in [0.2, 0.25) is 0 Å². The predicted octanol–water partition coefficient (Wildman–Crippen LogP) is 1.37. The van der Waals surface area contributed by atoms with Crippen molar-refractivity contribution in [2.45, 2.75) is 31.5 Å². The summed E-state index contributed by atoms with van der Waals surface area (Å²) in [4.78, 5) is 3.96. The zero-order valence-corrected chi connectivity index (χ0v) is 7.39. The fourth-order valence-electron chi connectivity index (χ4n) is 1.63. The molecule has 1 fully saturated rings. The molecule has 0 amide bonds. The Hall–Kier alpha value is -1.09. The van der Waals surface area contributed by atoms with Gasteiger partial charge in [0.1, 0.15) is 11.9 Å². The average molecular weight is 179 g/mol. The Morgan fingerprint density at radius 2 is 2.38 bits per heavy atom. The van der Waals surface area contributed by atoms with Crippen LogP contribution in [0, 0.1) is 0 Å². The lowest BCUT2D eigenvalue weighted by atomic mass is 10.3. The maximum Gasteiger partial charge on any atom is 0.137 e. The van der Waals surface area contributed by atoms with E-state index in [-0.39, 0.29) is 12.2 Å². The third-order valence-electron chi connectivity index (χ3n) is 2.29. The summed E-state index contributed by atoms with van der Waals surface area (Å²) in [6, 6.07) is 3.73. The number of hydrogen-bond donors (Lipinski definition) is 1. The summed E-state index contributed by atoms with van der Waals surface area (Å²) in [6.45, 7) is 0. The molecule has 3 heteroatoms. The van der Waals surface area contributed by atoms with Gasteiger partial charge in [0, 0.05) is 12.6 Å². The average Bonchev–Trinajstić information content (AvgIpc) is 2.53. The van der Waals surface area contributed by atoms with Crippen molar-refractivity contribution in [2.24, 2.45) is 0 Å². The van der Waals surface area contributed by atoms with Crippen molar-refractivity contribution < 1.29 is 9.84 Å². The minimum atomic E-state index is -0.179. The number of aliphatic hydroxyl groups is 1. The van der Waals surface area contributed by atoms with E-state index in [4.69, 9.17) is 4.74 Å². The van der Waals surface area contributed by atoms with E-state index in [0.717, 1.165) is 25.0 Å². The maximum atomic E-state index is 9.28. The molecule has 3 nitrogen and oxygen atoms in total. The second-order valence-corrected chi connectivity index (χ2v) is 3.40. The molecule has 2 unspecified atom stereocenters. The molecule has 0 aromatic carbocycles. The molecule has 0 saturated heterocycles. The Balaban J connectivity index is 1.92. The van der Waals surface area contributed by atoms with Crippen molar-refractivity contribution in [3.63, 3.8) is 0 Å². The van der Waals surface area contributed by atoms with Crippen LogP contribution in [-0.4, -0.2) is 22.3 Å². The normalized spacial score (nSPS) is 27.5. The van der Waals surface area contributed by atoms with E-state index in [0.29, 0.717) is 0 Å². The third kappa shape index (κ3) is 2.18. The minimum absolute atomic E-state index is 0.166. The number of hydrogen-bond acceptors (Lipinski definition) is 3. The number of pyridine rings is 1. The molecule has 1 aliphatic rings. The van der Waals surface area contributed by atoms with Crippen LogP contribution in [0.3, 0.4) is 0 Å². The number of aromatic nitrogens is 1. The highest BCUT2D eigenvalue weighted by atomic mass is 16.5. The molecule has 1 saturated carbocycles.